The van der Waals surface area contributed by atoms with Crippen molar-refractivity contribution in [1.82, 2.24) is 4.57 Å². The maximum absolute atomic E-state index is 11.3. The van der Waals surface area contributed by atoms with E-state index in [9.17, 15) is 13.0 Å². The number of nitrogens with zero attached hydrogens (tertiary/aromatic N) is 1. The SMILES string of the molecule is Cc1cc2c(n1C)C=CC(C)(S(=O)(=O)O)C2. The number of hydrogen-bond donors (Lipinski definition) is 1. The fourth-order valence-corrected chi connectivity index (χ4v) is 2.64. The van der Waals surface area contributed by atoms with Crippen LogP contribution in [0.5, 0.6) is 0 Å². The second-order valence-corrected chi connectivity index (χ2v) is 6.44. The van der Waals surface area contributed by atoms with Gasteiger partial charge in [0, 0.05) is 18.4 Å². The van der Waals surface area contributed by atoms with Gasteiger partial charge in [0.05, 0.1) is 0 Å². The van der Waals surface area contributed by atoms with Crippen LogP contribution < -0.4 is 0 Å². The van der Waals surface area contributed by atoms with Gasteiger partial charge in [-0.25, -0.2) is 0 Å². The number of aryl methyl sites for hydroxylation is 1. The molecule has 0 aromatic carbocycles. The Kier molecular flexibility index (Phi) is 2.29. The zero-order chi connectivity index (χ0) is 12.1. The molecule has 1 aromatic heterocycles. The normalized spacial score (nSPS) is 24.5. The third-order valence-corrected chi connectivity index (χ3v) is 4.79. The molecule has 0 fully saturated rings. The minimum Gasteiger partial charge on any atom is -0.348 e. The van der Waals surface area contributed by atoms with E-state index in [1.54, 1.807) is 12.2 Å². The second kappa shape index (κ2) is 3.21. The molecule has 5 heteroatoms. The van der Waals surface area contributed by atoms with Gasteiger partial charge in [-0.2, -0.15) is 8.42 Å². The van der Waals surface area contributed by atoms with Crippen LogP contribution in [0.3, 0.4) is 0 Å². The van der Waals surface area contributed by atoms with Crippen LogP contribution in [-0.2, 0) is 23.6 Å². The summed E-state index contributed by atoms with van der Waals surface area (Å²) < 4.78 is 32.6. The summed E-state index contributed by atoms with van der Waals surface area (Å²) in [6.07, 6.45) is 3.64. The molecule has 0 radical (unpaired) electrons. The Morgan fingerprint density at radius 3 is 2.69 bits per heavy atom. The second-order valence-electron chi connectivity index (χ2n) is 4.55. The predicted octanol–water partition coefficient (Wildman–Crippen LogP) is 1.55. The summed E-state index contributed by atoms with van der Waals surface area (Å²) >= 11 is 0. The van der Waals surface area contributed by atoms with E-state index in [4.69, 9.17) is 0 Å². The topological polar surface area (TPSA) is 59.3 Å². The van der Waals surface area contributed by atoms with Gasteiger partial charge in [0.1, 0.15) is 4.75 Å². The van der Waals surface area contributed by atoms with Gasteiger partial charge in [0.2, 0.25) is 0 Å². The molecule has 1 aromatic rings. The molecule has 16 heavy (non-hydrogen) atoms. The smallest absolute Gasteiger partial charge is 0.274 e. The van der Waals surface area contributed by atoms with Gasteiger partial charge in [-0.1, -0.05) is 6.08 Å². The molecule has 0 saturated heterocycles. The molecule has 1 unspecified atom stereocenters. The molecule has 0 amide bonds. The Morgan fingerprint density at radius 1 is 1.50 bits per heavy atom. The third-order valence-electron chi connectivity index (χ3n) is 3.33. The van der Waals surface area contributed by atoms with Gasteiger partial charge in [-0.3, -0.25) is 4.55 Å². The van der Waals surface area contributed by atoms with Crippen molar-refractivity contribution in [3.63, 3.8) is 0 Å². The maximum Gasteiger partial charge on any atom is 0.274 e. The first-order chi connectivity index (χ1) is 7.24. The Labute approximate surface area is 95.3 Å². The monoisotopic (exact) mass is 241 g/mol. The highest BCUT2D eigenvalue weighted by atomic mass is 32.2. The van der Waals surface area contributed by atoms with Crippen molar-refractivity contribution < 1.29 is 13.0 Å². The highest BCUT2D eigenvalue weighted by molar-refractivity contribution is 7.87. The minimum absolute atomic E-state index is 0.319. The Hall–Kier alpha value is -1.07. The van der Waals surface area contributed by atoms with Gasteiger partial charge in [0.15, 0.2) is 0 Å². The summed E-state index contributed by atoms with van der Waals surface area (Å²) in [6.45, 7) is 3.50. The van der Waals surface area contributed by atoms with Gasteiger partial charge >= 0.3 is 0 Å². The van der Waals surface area contributed by atoms with Crippen LogP contribution in [0.2, 0.25) is 0 Å². The summed E-state index contributed by atoms with van der Waals surface area (Å²) in [5, 5.41) is 0. The first-order valence-electron chi connectivity index (χ1n) is 5.06. The molecule has 0 bridgehead atoms. The lowest BCUT2D eigenvalue weighted by Gasteiger charge is -2.25. The fourth-order valence-electron chi connectivity index (χ4n) is 2.06. The lowest BCUT2D eigenvalue weighted by atomic mass is 9.94. The lowest BCUT2D eigenvalue weighted by molar-refractivity contribution is 0.451. The van der Waals surface area contributed by atoms with Gasteiger partial charge in [-0.15, -0.1) is 0 Å². The Morgan fingerprint density at radius 2 is 2.12 bits per heavy atom. The van der Waals surface area contributed by atoms with Gasteiger partial charge < -0.3 is 4.57 Å². The van der Waals surface area contributed by atoms with E-state index in [1.807, 2.05) is 24.6 Å². The summed E-state index contributed by atoms with van der Waals surface area (Å²) in [5.41, 5.74) is 3.05. The zero-order valence-electron chi connectivity index (χ0n) is 9.56. The first kappa shape index (κ1) is 11.4. The molecular formula is C11H15NO3S. The van der Waals surface area contributed by atoms with E-state index in [0.717, 1.165) is 17.0 Å². The molecule has 0 saturated carbocycles. The molecule has 1 heterocycles. The highest BCUT2D eigenvalue weighted by Gasteiger charge is 2.38. The van der Waals surface area contributed by atoms with Crippen molar-refractivity contribution >= 4 is 16.2 Å². The summed E-state index contributed by atoms with van der Waals surface area (Å²) in [7, 11) is -2.13. The van der Waals surface area contributed by atoms with E-state index in [-0.39, 0.29) is 0 Å². The van der Waals surface area contributed by atoms with Gasteiger partial charge in [0.25, 0.3) is 10.1 Å². The zero-order valence-corrected chi connectivity index (χ0v) is 10.4. The molecule has 1 aliphatic carbocycles. The molecule has 1 N–H and O–H groups in total. The molecule has 2 rings (SSSR count). The molecule has 88 valence electrons. The van der Waals surface area contributed by atoms with Crippen molar-refractivity contribution in [2.75, 3.05) is 0 Å². The Balaban J connectivity index is 2.54. The lowest BCUT2D eigenvalue weighted by Crippen LogP contribution is -2.36. The van der Waals surface area contributed by atoms with E-state index < -0.39 is 14.9 Å². The molecule has 1 aliphatic rings. The molecular weight excluding hydrogens is 226 g/mol. The molecule has 0 aliphatic heterocycles. The van der Waals surface area contributed by atoms with Crippen molar-refractivity contribution in [2.45, 2.75) is 25.0 Å². The summed E-state index contributed by atoms with van der Waals surface area (Å²) in [4.78, 5) is 0. The van der Waals surface area contributed by atoms with Crippen molar-refractivity contribution in [3.05, 3.63) is 29.1 Å². The maximum atomic E-state index is 11.3. The van der Waals surface area contributed by atoms with Crippen LogP contribution >= 0.6 is 0 Å². The van der Waals surface area contributed by atoms with Crippen molar-refractivity contribution in [1.29, 1.82) is 0 Å². The average molecular weight is 241 g/mol. The first-order valence-corrected chi connectivity index (χ1v) is 6.50. The number of fused-ring (bicyclic) bond motifs is 1. The number of rotatable bonds is 1. The average Bonchev–Trinajstić information content (AvgIpc) is 2.40. The highest BCUT2D eigenvalue weighted by Crippen LogP contribution is 2.32. The van der Waals surface area contributed by atoms with Crippen LogP contribution in [-0.4, -0.2) is 22.3 Å². The van der Waals surface area contributed by atoms with Crippen LogP contribution in [0.25, 0.3) is 6.08 Å². The molecule has 1 atom stereocenters. The molecule has 0 spiro atoms. The van der Waals surface area contributed by atoms with Crippen LogP contribution in [0.4, 0.5) is 0 Å². The van der Waals surface area contributed by atoms with E-state index in [2.05, 4.69) is 0 Å². The van der Waals surface area contributed by atoms with E-state index in [0.29, 0.717) is 6.42 Å². The minimum atomic E-state index is -4.07. The third kappa shape index (κ3) is 1.51. The summed E-state index contributed by atoms with van der Waals surface area (Å²) in [5.74, 6) is 0. The summed E-state index contributed by atoms with van der Waals surface area (Å²) in [6, 6.07) is 1.96. The van der Waals surface area contributed by atoms with Crippen molar-refractivity contribution in [2.24, 2.45) is 7.05 Å². The number of hydrogen-bond acceptors (Lipinski definition) is 2. The largest absolute Gasteiger partial charge is 0.348 e. The number of aromatic nitrogens is 1. The van der Waals surface area contributed by atoms with Crippen LogP contribution in [0.1, 0.15) is 23.9 Å². The quantitative estimate of drug-likeness (QED) is 0.759. The van der Waals surface area contributed by atoms with Crippen LogP contribution in [0.15, 0.2) is 12.1 Å². The van der Waals surface area contributed by atoms with E-state index >= 15 is 0 Å². The standard InChI is InChI=1S/C11H15NO3S/c1-8-6-9-7-11(2,16(13,14)15)5-4-10(9)12(8)3/h4-6H,7H2,1-3H3,(H,13,14,15). The fraction of sp³-hybridized carbons (Fsp3) is 0.455. The Bertz CT molecular complexity index is 568. The van der Waals surface area contributed by atoms with E-state index in [1.165, 1.54) is 6.92 Å². The van der Waals surface area contributed by atoms with Crippen molar-refractivity contribution in [3.8, 4) is 0 Å². The van der Waals surface area contributed by atoms with Gasteiger partial charge in [-0.05, 0) is 38.0 Å². The van der Waals surface area contributed by atoms with Crippen LogP contribution in [0, 0.1) is 6.92 Å². The molecule has 4 nitrogen and oxygen atoms in total. The predicted molar refractivity (Wildman–Crippen MR) is 62.8 cm³/mol.